The molecule has 0 aromatic carbocycles. The van der Waals surface area contributed by atoms with Gasteiger partial charge in [0.1, 0.15) is 12.1 Å². The summed E-state index contributed by atoms with van der Waals surface area (Å²) in [7, 11) is 0. The van der Waals surface area contributed by atoms with Crippen molar-refractivity contribution in [2.24, 2.45) is 5.73 Å². The van der Waals surface area contributed by atoms with Crippen LogP contribution < -0.4 is 11.1 Å². The number of nitrogens with two attached hydrogens (primary N) is 1. The Morgan fingerprint density at radius 1 is 0.608 bits per heavy atom. The summed E-state index contributed by atoms with van der Waals surface area (Å²) >= 11 is 0. The zero-order valence-corrected chi connectivity index (χ0v) is 32.2. The molecule has 0 fully saturated rings. The molecule has 0 aliphatic heterocycles. The highest BCUT2D eigenvalue weighted by molar-refractivity contribution is 5.83. The lowest BCUT2D eigenvalue weighted by atomic mass is 10.1. The van der Waals surface area contributed by atoms with E-state index >= 15 is 0 Å². The minimum Gasteiger partial charge on any atom is -0.480 e. The third-order valence-electron chi connectivity index (χ3n) is 8.18. The van der Waals surface area contributed by atoms with Crippen LogP contribution in [0.5, 0.6) is 0 Å². The fourth-order valence-corrected chi connectivity index (χ4v) is 5.18. The number of carboxylic acid groups (broad SMARTS) is 1. The van der Waals surface area contributed by atoms with Crippen LogP contribution in [0.1, 0.15) is 155 Å². The second-order valence-electron chi connectivity index (χ2n) is 13.0. The van der Waals surface area contributed by atoms with E-state index in [1.165, 1.54) is 12.8 Å². The van der Waals surface area contributed by atoms with Gasteiger partial charge in [-0.05, 0) is 115 Å². The zero-order valence-electron chi connectivity index (χ0n) is 32.2. The molecule has 7 nitrogen and oxygen atoms in total. The number of unbranched alkanes of at least 4 members (excludes halogenated alkanes) is 8. The SMILES string of the molecule is CC/C=C\C/C=C\C/C=C\C/C=C\C/C=C\C/C=C\CCCCC(=O)OC(/C=C\CCCCC)CCCCCCC(=O)NC(CCCN)C(=O)O. The maximum absolute atomic E-state index is 12.6. The van der Waals surface area contributed by atoms with Crippen molar-refractivity contribution in [2.45, 2.75) is 167 Å². The molecule has 0 bridgehead atoms. The van der Waals surface area contributed by atoms with Crippen molar-refractivity contribution >= 4 is 17.8 Å². The Balaban J connectivity index is 4.22. The van der Waals surface area contributed by atoms with Crippen molar-refractivity contribution in [3.63, 3.8) is 0 Å². The molecule has 7 heteroatoms. The number of aliphatic carboxylic acids is 1. The molecule has 0 saturated carbocycles. The molecule has 0 aromatic rings. The molecule has 0 heterocycles. The molecule has 2 unspecified atom stereocenters. The smallest absolute Gasteiger partial charge is 0.326 e. The van der Waals surface area contributed by atoms with Crippen molar-refractivity contribution < 1.29 is 24.2 Å². The van der Waals surface area contributed by atoms with Crippen LogP contribution in [0.4, 0.5) is 0 Å². The highest BCUT2D eigenvalue weighted by atomic mass is 16.5. The number of carbonyl (C=O) groups is 3. The van der Waals surface area contributed by atoms with Crippen LogP contribution in [-0.4, -0.2) is 41.6 Å². The molecule has 0 spiro atoms. The minimum atomic E-state index is -1.02. The number of allylic oxidation sites excluding steroid dienone is 13. The standard InChI is InChI=1S/C44H72N2O5/c1-3-5-7-9-10-11-12-13-14-15-16-17-18-19-20-21-22-23-24-26-32-38-43(48)51-40(34-29-25-8-6-4-2)35-30-27-28-31-37-42(47)46-41(44(49)50)36-33-39-45/h5,7,10-11,13-14,16-17,19-20,22-23,29,34,40-41H,3-4,6,8-9,12,15,18,21,24-28,30-33,35-39,45H2,1-2H3,(H,46,47)(H,49,50)/b7-5-,11-10-,14-13-,17-16-,20-19-,23-22-,34-29-. The first-order valence-electron chi connectivity index (χ1n) is 19.9. The van der Waals surface area contributed by atoms with Gasteiger partial charge in [-0.2, -0.15) is 0 Å². The van der Waals surface area contributed by atoms with E-state index in [4.69, 9.17) is 10.5 Å². The normalized spacial score (nSPS) is 13.6. The van der Waals surface area contributed by atoms with Gasteiger partial charge in [0.05, 0.1) is 0 Å². The molecular formula is C44H72N2O5. The van der Waals surface area contributed by atoms with Gasteiger partial charge in [-0.15, -0.1) is 0 Å². The molecule has 2 atom stereocenters. The van der Waals surface area contributed by atoms with E-state index in [2.05, 4.69) is 98.2 Å². The Morgan fingerprint density at radius 3 is 1.71 bits per heavy atom. The van der Waals surface area contributed by atoms with Gasteiger partial charge >= 0.3 is 11.9 Å². The summed E-state index contributed by atoms with van der Waals surface area (Å²) in [6.45, 7) is 4.74. The zero-order chi connectivity index (χ0) is 37.5. The van der Waals surface area contributed by atoms with Gasteiger partial charge < -0.3 is 20.9 Å². The van der Waals surface area contributed by atoms with Crippen LogP contribution in [0.25, 0.3) is 0 Å². The number of hydrogen-bond donors (Lipinski definition) is 3. The number of esters is 1. The summed E-state index contributed by atoms with van der Waals surface area (Å²) < 4.78 is 5.85. The largest absolute Gasteiger partial charge is 0.480 e. The van der Waals surface area contributed by atoms with Crippen LogP contribution in [0.2, 0.25) is 0 Å². The number of rotatable bonds is 34. The molecule has 288 valence electrons. The fourth-order valence-electron chi connectivity index (χ4n) is 5.18. The molecule has 0 aliphatic rings. The van der Waals surface area contributed by atoms with Crippen LogP contribution in [0, 0.1) is 0 Å². The van der Waals surface area contributed by atoms with E-state index in [9.17, 15) is 19.5 Å². The van der Waals surface area contributed by atoms with E-state index in [1.807, 2.05) is 6.08 Å². The Labute approximate surface area is 311 Å². The van der Waals surface area contributed by atoms with Gasteiger partial charge in [0, 0.05) is 12.8 Å². The lowest BCUT2D eigenvalue weighted by Gasteiger charge is -2.15. The summed E-state index contributed by atoms with van der Waals surface area (Å²) in [6.07, 6.45) is 49.4. The highest BCUT2D eigenvalue weighted by Gasteiger charge is 2.19. The summed E-state index contributed by atoms with van der Waals surface area (Å²) in [5.41, 5.74) is 5.46. The van der Waals surface area contributed by atoms with Crippen molar-refractivity contribution in [3.8, 4) is 0 Å². The molecule has 4 N–H and O–H groups in total. The van der Waals surface area contributed by atoms with Crippen molar-refractivity contribution in [2.75, 3.05) is 6.54 Å². The second kappa shape index (κ2) is 37.8. The molecule has 51 heavy (non-hydrogen) atoms. The lowest BCUT2D eigenvalue weighted by molar-refractivity contribution is -0.147. The topological polar surface area (TPSA) is 119 Å². The third-order valence-corrected chi connectivity index (χ3v) is 8.18. The van der Waals surface area contributed by atoms with Crippen molar-refractivity contribution in [3.05, 3.63) is 85.1 Å². The average Bonchev–Trinajstić information content (AvgIpc) is 3.11. The third kappa shape index (κ3) is 34.8. The van der Waals surface area contributed by atoms with E-state index in [0.717, 1.165) is 96.3 Å². The quantitative estimate of drug-likeness (QED) is 0.0348. The predicted molar refractivity (Wildman–Crippen MR) is 215 cm³/mol. The Kier molecular flexibility index (Phi) is 35.2. The Bertz CT molecular complexity index is 1070. The second-order valence-corrected chi connectivity index (χ2v) is 13.0. The predicted octanol–water partition coefficient (Wildman–Crippen LogP) is 10.9. The molecule has 0 radical (unpaired) electrons. The molecule has 0 aliphatic carbocycles. The number of amides is 1. The summed E-state index contributed by atoms with van der Waals surface area (Å²) in [4.78, 5) is 36.1. The van der Waals surface area contributed by atoms with E-state index < -0.39 is 12.0 Å². The van der Waals surface area contributed by atoms with Crippen LogP contribution in [0.3, 0.4) is 0 Å². The van der Waals surface area contributed by atoms with Gasteiger partial charge in [-0.25, -0.2) is 4.79 Å². The fraction of sp³-hybridized carbons (Fsp3) is 0.614. The molecular weight excluding hydrogens is 636 g/mol. The van der Waals surface area contributed by atoms with Crippen LogP contribution in [0.15, 0.2) is 85.1 Å². The first-order chi connectivity index (χ1) is 24.9. The molecule has 0 aromatic heterocycles. The minimum absolute atomic E-state index is 0.139. The van der Waals surface area contributed by atoms with E-state index in [0.29, 0.717) is 38.6 Å². The number of carboxylic acids is 1. The van der Waals surface area contributed by atoms with Crippen molar-refractivity contribution in [1.82, 2.24) is 5.32 Å². The molecule has 0 rings (SSSR count). The Hall–Kier alpha value is -3.45. The monoisotopic (exact) mass is 709 g/mol. The summed E-state index contributed by atoms with van der Waals surface area (Å²) in [5, 5.41) is 11.9. The van der Waals surface area contributed by atoms with Gasteiger partial charge in [0.15, 0.2) is 0 Å². The number of nitrogens with one attached hydrogen (secondary N) is 1. The first-order valence-corrected chi connectivity index (χ1v) is 19.9. The van der Waals surface area contributed by atoms with Crippen LogP contribution in [-0.2, 0) is 19.1 Å². The Morgan fingerprint density at radius 2 is 1.14 bits per heavy atom. The average molecular weight is 709 g/mol. The van der Waals surface area contributed by atoms with Crippen LogP contribution >= 0.6 is 0 Å². The maximum atomic E-state index is 12.6. The number of ether oxygens (including phenoxy) is 1. The molecule has 1 amide bonds. The summed E-state index contributed by atoms with van der Waals surface area (Å²) in [5.74, 6) is -1.40. The van der Waals surface area contributed by atoms with E-state index in [1.54, 1.807) is 0 Å². The summed E-state index contributed by atoms with van der Waals surface area (Å²) in [6, 6.07) is -0.878. The van der Waals surface area contributed by atoms with Gasteiger partial charge in [0.2, 0.25) is 5.91 Å². The maximum Gasteiger partial charge on any atom is 0.326 e. The number of hydrogen-bond acceptors (Lipinski definition) is 5. The first kappa shape index (κ1) is 47.5. The highest BCUT2D eigenvalue weighted by Crippen LogP contribution is 2.14. The van der Waals surface area contributed by atoms with Gasteiger partial charge in [0.25, 0.3) is 0 Å². The lowest BCUT2D eigenvalue weighted by Crippen LogP contribution is -2.40. The van der Waals surface area contributed by atoms with E-state index in [-0.39, 0.29) is 18.0 Å². The van der Waals surface area contributed by atoms with Gasteiger partial charge in [-0.1, -0.05) is 119 Å². The van der Waals surface area contributed by atoms with Gasteiger partial charge in [-0.3, -0.25) is 9.59 Å². The van der Waals surface area contributed by atoms with Crippen molar-refractivity contribution in [1.29, 1.82) is 0 Å². The number of carbonyl (C=O) groups excluding carboxylic acids is 2. The molecule has 0 saturated heterocycles.